The fourth-order valence-electron chi connectivity index (χ4n) is 4.89. The molecule has 2 aromatic heterocycles. The molecule has 0 saturated carbocycles. The van der Waals surface area contributed by atoms with Gasteiger partial charge >= 0.3 is 5.97 Å². The van der Waals surface area contributed by atoms with Gasteiger partial charge in [-0.25, -0.2) is 9.97 Å². The van der Waals surface area contributed by atoms with E-state index in [0.717, 1.165) is 22.3 Å². The van der Waals surface area contributed by atoms with E-state index in [-0.39, 0.29) is 30.5 Å². The molecule has 2 N–H and O–H groups in total. The predicted octanol–water partition coefficient (Wildman–Crippen LogP) is 4.99. The lowest BCUT2D eigenvalue weighted by Crippen LogP contribution is -2.33. The molecule has 0 spiro atoms. The molecule has 3 heterocycles. The number of fused-ring (bicyclic) bond motifs is 1. The summed E-state index contributed by atoms with van der Waals surface area (Å²) in [7, 11) is 1.70. The third-order valence-electron chi connectivity index (χ3n) is 6.99. The number of thiazole rings is 1. The van der Waals surface area contributed by atoms with Gasteiger partial charge in [0.2, 0.25) is 11.8 Å². The van der Waals surface area contributed by atoms with Crippen LogP contribution in [0.5, 0.6) is 5.75 Å². The molecule has 0 saturated heterocycles. The zero-order chi connectivity index (χ0) is 28.9. The molecule has 4 aromatic rings. The Balaban J connectivity index is 1.36. The number of carboxylic acids is 1. The highest BCUT2D eigenvalue weighted by atomic mass is 32.1. The molecule has 0 radical (unpaired) electrons. The predicted molar refractivity (Wildman–Crippen MR) is 152 cm³/mol. The molecule has 0 unspecified atom stereocenters. The number of nitrogens with one attached hydrogen (secondary N) is 1. The smallest absolute Gasteiger partial charge is 0.304 e. The Hall–Kier alpha value is -4.64. The summed E-state index contributed by atoms with van der Waals surface area (Å²) in [5.74, 6) is -1.50. The van der Waals surface area contributed by atoms with E-state index in [9.17, 15) is 24.0 Å². The van der Waals surface area contributed by atoms with Crippen molar-refractivity contribution in [2.45, 2.75) is 32.2 Å². The van der Waals surface area contributed by atoms with Crippen molar-refractivity contribution in [2.24, 2.45) is 5.92 Å². The Kier molecular flexibility index (Phi) is 8.34. The van der Waals surface area contributed by atoms with Crippen molar-refractivity contribution in [1.82, 2.24) is 15.3 Å². The number of pyridine rings is 1. The van der Waals surface area contributed by atoms with Crippen molar-refractivity contribution in [1.29, 1.82) is 0 Å². The Morgan fingerprint density at radius 3 is 2.71 bits per heavy atom. The lowest BCUT2D eigenvalue weighted by atomic mass is 9.95. The number of carboxylic acid groups (broad SMARTS) is 1. The van der Waals surface area contributed by atoms with Crippen molar-refractivity contribution in [3.05, 3.63) is 82.3 Å². The van der Waals surface area contributed by atoms with E-state index >= 15 is 0 Å². The second kappa shape index (κ2) is 12.3. The minimum Gasteiger partial charge on any atom is -0.481 e. The highest BCUT2D eigenvalue weighted by Gasteiger charge is 2.24. The van der Waals surface area contributed by atoms with Gasteiger partial charge < -0.3 is 10.4 Å². The van der Waals surface area contributed by atoms with Crippen LogP contribution in [0.4, 0.5) is 10.3 Å². The average molecular weight is 575 g/mol. The monoisotopic (exact) mass is 574 g/mol. The summed E-state index contributed by atoms with van der Waals surface area (Å²) in [6.07, 6.45) is 2.66. The molecule has 1 aliphatic heterocycles. The van der Waals surface area contributed by atoms with Gasteiger partial charge in [-0.1, -0.05) is 30.3 Å². The van der Waals surface area contributed by atoms with Crippen LogP contribution >= 0.6 is 11.3 Å². The van der Waals surface area contributed by atoms with E-state index in [1.807, 2.05) is 36.4 Å². The summed E-state index contributed by atoms with van der Waals surface area (Å²) in [5, 5.41) is 14.6. The Morgan fingerprint density at radius 2 is 1.95 bits per heavy atom. The number of benzene rings is 2. The van der Waals surface area contributed by atoms with Gasteiger partial charge in [0.05, 0.1) is 24.6 Å². The topological polar surface area (TPSA) is 122 Å². The van der Waals surface area contributed by atoms with Crippen molar-refractivity contribution in [3.63, 3.8) is 0 Å². The quantitative estimate of drug-likeness (QED) is 0.274. The van der Waals surface area contributed by atoms with Crippen LogP contribution in [0, 0.1) is 5.92 Å². The van der Waals surface area contributed by atoms with Gasteiger partial charge in [-0.3, -0.25) is 24.2 Å². The number of hydrogen-bond acceptors (Lipinski definition) is 7. The maximum absolute atomic E-state index is 13.1. The molecule has 5 rings (SSSR count). The summed E-state index contributed by atoms with van der Waals surface area (Å²) >= 11 is 1.32. The Bertz CT molecular complexity index is 1590. The van der Waals surface area contributed by atoms with E-state index in [1.165, 1.54) is 17.4 Å². The van der Waals surface area contributed by atoms with Gasteiger partial charge in [0.1, 0.15) is 10.8 Å². The third-order valence-corrected chi connectivity index (χ3v) is 7.84. The number of anilines is 1. The lowest BCUT2D eigenvalue weighted by Gasteiger charge is -2.25. The molecule has 2 aromatic carbocycles. The fourth-order valence-corrected chi connectivity index (χ4v) is 5.62. The van der Waals surface area contributed by atoms with Gasteiger partial charge in [0, 0.05) is 40.7 Å². The number of aryl methyl sites for hydroxylation is 1. The number of aromatic nitrogens is 2. The number of aliphatic carboxylic acids is 1. The van der Waals surface area contributed by atoms with Crippen LogP contribution in [0.1, 0.15) is 29.0 Å². The molecule has 1 atom stereocenters. The number of halogens is 1. The Labute approximate surface area is 239 Å². The maximum Gasteiger partial charge on any atom is 0.304 e. The van der Waals surface area contributed by atoms with Crippen LogP contribution in [0.25, 0.3) is 22.4 Å². The average Bonchev–Trinajstić information content (AvgIpc) is 3.46. The summed E-state index contributed by atoms with van der Waals surface area (Å²) in [5.41, 5.74) is 4.53. The SMILES string of the molecule is CN1C(=O)CCc2cc(-c3ccc(OF)cc3-c3csc(CNC(=O)[C@@H](CC(=O)O)Cc4ccccc4)n3)cnc21. The molecule has 1 aliphatic rings. The highest BCUT2D eigenvalue weighted by Crippen LogP contribution is 2.37. The molecule has 9 nitrogen and oxygen atoms in total. The molecular formula is C30H27FN4O5S. The number of rotatable bonds is 10. The first-order valence-corrected chi connectivity index (χ1v) is 13.9. The number of hydrogen-bond donors (Lipinski definition) is 2. The van der Waals surface area contributed by atoms with E-state index in [4.69, 9.17) is 0 Å². The van der Waals surface area contributed by atoms with E-state index < -0.39 is 11.9 Å². The highest BCUT2D eigenvalue weighted by molar-refractivity contribution is 7.09. The number of nitrogens with zero attached hydrogens (tertiary/aromatic N) is 3. The van der Waals surface area contributed by atoms with Gasteiger partial charge in [-0.05, 0) is 53.8 Å². The zero-order valence-electron chi connectivity index (χ0n) is 22.2. The van der Waals surface area contributed by atoms with Crippen LogP contribution in [0.15, 0.2) is 66.2 Å². The van der Waals surface area contributed by atoms with E-state index in [0.29, 0.717) is 41.3 Å². The van der Waals surface area contributed by atoms with Crippen LogP contribution < -0.4 is 15.2 Å². The summed E-state index contributed by atoms with van der Waals surface area (Å²) in [6, 6.07) is 16.0. The second-order valence-electron chi connectivity index (χ2n) is 9.77. The minimum absolute atomic E-state index is 0.0133. The van der Waals surface area contributed by atoms with Crippen LogP contribution in [-0.2, 0) is 33.8 Å². The second-order valence-corrected chi connectivity index (χ2v) is 10.7. The number of amides is 2. The van der Waals surface area contributed by atoms with Crippen molar-refractivity contribution in [3.8, 4) is 28.1 Å². The minimum atomic E-state index is -1.05. The molecule has 0 bridgehead atoms. The summed E-state index contributed by atoms with van der Waals surface area (Å²) in [4.78, 5) is 51.1. The molecule has 0 aliphatic carbocycles. The molecule has 11 heteroatoms. The van der Waals surface area contributed by atoms with Crippen molar-refractivity contribution >= 4 is 34.9 Å². The Morgan fingerprint density at radius 1 is 1.15 bits per heavy atom. The largest absolute Gasteiger partial charge is 0.481 e. The number of carbonyl (C=O) groups is 3. The lowest BCUT2D eigenvalue weighted by molar-refractivity contribution is -0.141. The van der Waals surface area contributed by atoms with E-state index in [2.05, 4.69) is 20.2 Å². The molecular weight excluding hydrogens is 547 g/mol. The van der Waals surface area contributed by atoms with E-state index in [1.54, 1.807) is 35.7 Å². The number of carbonyl (C=O) groups excluding carboxylic acids is 2. The van der Waals surface area contributed by atoms with Gasteiger partial charge in [-0.15, -0.1) is 11.3 Å². The first-order valence-electron chi connectivity index (χ1n) is 13.0. The molecule has 41 heavy (non-hydrogen) atoms. The molecule has 2 amide bonds. The van der Waals surface area contributed by atoms with Gasteiger partial charge in [-0.2, -0.15) is 0 Å². The maximum atomic E-state index is 13.1. The van der Waals surface area contributed by atoms with Crippen molar-refractivity contribution < 1.29 is 29.0 Å². The van der Waals surface area contributed by atoms with Crippen LogP contribution in [0.3, 0.4) is 0 Å². The van der Waals surface area contributed by atoms with Crippen molar-refractivity contribution in [2.75, 3.05) is 11.9 Å². The standard InChI is InChI=1S/C30H27FN4O5S/c1-35-27(36)10-7-19-12-21(15-32-29(19)35)23-9-8-22(40-31)14-24(23)25-17-41-26(34-25)16-33-30(39)20(13-28(37)38)11-18-5-3-2-4-6-18/h2-6,8-9,12,14-15,17,20H,7,10-11,13,16H2,1H3,(H,33,39)(H,37,38)/t20-/m1/s1. The first-order chi connectivity index (χ1) is 19.8. The van der Waals surface area contributed by atoms with Gasteiger partial charge in [0.25, 0.3) is 0 Å². The summed E-state index contributed by atoms with van der Waals surface area (Å²) in [6.45, 7) is 0.115. The van der Waals surface area contributed by atoms with Crippen LogP contribution in [0.2, 0.25) is 0 Å². The van der Waals surface area contributed by atoms with Gasteiger partial charge in [0.15, 0.2) is 5.75 Å². The van der Waals surface area contributed by atoms with Crippen LogP contribution in [-0.4, -0.2) is 39.9 Å². The summed E-state index contributed by atoms with van der Waals surface area (Å²) < 4.78 is 13.1. The fraction of sp³-hybridized carbons (Fsp3) is 0.233. The third kappa shape index (κ3) is 6.41. The first kappa shape index (κ1) is 27.9. The zero-order valence-corrected chi connectivity index (χ0v) is 23.0. The molecule has 0 fully saturated rings. The molecule has 210 valence electrons. The normalized spacial score (nSPS) is 13.4.